The Morgan fingerprint density at radius 3 is 2.20 bits per heavy atom. The molecule has 0 unspecified atom stereocenters. The molecule has 0 saturated carbocycles. The number of anilines is 6. The number of aromatic nitrogens is 5. The third-order valence-corrected chi connectivity index (χ3v) is 15.5. The molecular formula is C57H69N13O6. The van der Waals surface area contributed by atoms with Crippen molar-refractivity contribution in [2.75, 3.05) is 106 Å². The summed E-state index contributed by atoms with van der Waals surface area (Å²) in [5.41, 5.74) is 6.63. The summed E-state index contributed by atoms with van der Waals surface area (Å²) in [7, 11) is 3.64. The van der Waals surface area contributed by atoms with E-state index in [2.05, 4.69) is 69.7 Å². The molecule has 0 radical (unpaired) electrons. The molecule has 4 aliphatic heterocycles. The van der Waals surface area contributed by atoms with Gasteiger partial charge in [0.2, 0.25) is 17.7 Å². The Labute approximate surface area is 444 Å². The van der Waals surface area contributed by atoms with Crippen LogP contribution in [0.25, 0.3) is 17.1 Å². The molecule has 10 rings (SSSR count). The number of nitrogens with one attached hydrogen (secondary N) is 2. The van der Waals surface area contributed by atoms with E-state index in [1.165, 1.54) is 6.07 Å². The van der Waals surface area contributed by atoms with Crippen LogP contribution in [0.4, 0.5) is 34.5 Å². The van der Waals surface area contributed by atoms with Crippen LogP contribution in [-0.2, 0) is 17.8 Å². The van der Waals surface area contributed by atoms with E-state index in [4.69, 9.17) is 9.72 Å². The molecule has 0 atom stereocenters. The van der Waals surface area contributed by atoms with Gasteiger partial charge in [0.1, 0.15) is 22.9 Å². The highest BCUT2D eigenvalue weighted by Gasteiger charge is 2.33. The number of benzene rings is 4. The largest absolute Gasteiger partial charge is 0.508 e. The lowest BCUT2D eigenvalue weighted by atomic mass is 9.91. The van der Waals surface area contributed by atoms with Crippen LogP contribution in [0.2, 0.25) is 0 Å². The quantitative estimate of drug-likeness (QED) is 0.0803. The van der Waals surface area contributed by atoms with Crippen molar-refractivity contribution < 1.29 is 29.3 Å². The van der Waals surface area contributed by atoms with E-state index in [0.29, 0.717) is 82.8 Å². The van der Waals surface area contributed by atoms with Gasteiger partial charge in [-0.05, 0) is 105 Å². The molecule has 19 heteroatoms. The van der Waals surface area contributed by atoms with Crippen LogP contribution in [0.3, 0.4) is 0 Å². The number of ether oxygens (including phenoxy) is 1. The van der Waals surface area contributed by atoms with E-state index in [9.17, 15) is 24.6 Å². The number of likely N-dealkylation sites (tertiary alicyclic amines) is 1. The fraction of sp³-hybridized carbons (Fsp3) is 0.421. The first-order valence-electron chi connectivity index (χ1n) is 26.8. The average molecular weight is 1030 g/mol. The minimum atomic E-state index is -0.373. The maximum absolute atomic E-state index is 13.9. The van der Waals surface area contributed by atoms with Crippen molar-refractivity contribution in [2.45, 2.75) is 59.4 Å². The van der Waals surface area contributed by atoms with Gasteiger partial charge in [0.05, 0.1) is 35.3 Å². The van der Waals surface area contributed by atoms with Gasteiger partial charge in [-0.25, -0.2) is 4.98 Å². The highest BCUT2D eigenvalue weighted by molar-refractivity contribution is 6.13. The van der Waals surface area contributed by atoms with Gasteiger partial charge in [0.25, 0.3) is 11.8 Å². The van der Waals surface area contributed by atoms with Gasteiger partial charge in [-0.15, -0.1) is 10.2 Å². The molecule has 3 amide bonds. The molecule has 4 aliphatic rings. The number of piperazine rings is 1. The minimum Gasteiger partial charge on any atom is -0.508 e. The average Bonchev–Trinajstić information content (AvgIpc) is 3.88. The smallest absolute Gasteiger partial charge is 0.289 e. The first kappa shape index (κ1) is 51.7. The molecule has 6 heterocycles. The molecule has 3 fully saturated rings. The molecule has 3 saturated heterocycles. The van der Waals surface area contributed by atoms with Gasteiger partial charge >= 0.3 is 0 Å². The zero-order chi connectivity index (χ0) is 53.0. The third-order valence-electron chi connectivity index (χ3n) is 15.5. The predicted octanol–water partition coefficient (Wildman–Crippen LogP) is 7.22. The number of fused-ring (bicyclic) bond motifs is 2. The lowest BCUT2D eigenvalue weighted by Crippen LogP contribution is -2.49. The number of phenols is 2. The van der Waals surface area contributed by atoms with Gasteiger partial charge in [-0.2, -0.15) is 4.98 Å². The lowest BCUT2D eigenvalue weighted by Gasteiger charge is -2.40. The van der Waals surface area contributed by atoms with Gasteiger partial charge in [-0.3, -0.25) is 23.9 Å². The van der Waals surface area contributed by atoms with Crippen molar-refractivity contribution in [2.24, 2.45) is 11.8 Å². The molecule has 0 spiro atoms. The van der Waals surface area contributed by atoms with Crippen LogP contribution >= 0.6 is 0 Å². The summed E-state index contributed by atoms with van der Waals surface area (Å²) in [5, 5.41) is 35.9. The molecule has 6 aromatic rings. The van der Waals surface area contributed by atoms with E-state index >= 15 is 0 Å². The first-order chi connectivity index (χ1) is 36.9. The maximum Gasteiger partial charge on any atom is 0.289 e. The van der Waals surface area contributed by atoms with E-state index in [-0.39, 0.29) is 35.1 Å². The summed E-state index contributed by atoms with van der Waals surface area (Å²) >= 11 is 0. The van der Waals surface area contributed by atoms with E-state index in [0.717, 1.165) is 114 Å². The maximum atomic E-state index is 13.9. The summed E-state index contributed by atoms with van der Waals surface area (Å²) in [4.78, 5) is 62.8. The van der Waals surface area contributed by atoms with Crippen LogP contribution in [-0.4, -0.2) is 154 Å². The number of hydrogen-bond acceptors (Lipinski definition) is 15. The molecule has 2 aromatic heterocycles. The summed E-state index contributed by atoms with van der Waals surface area (Å²) in [5.74, 6) is 2.35. The van der Waals surface area contributed by atoms with Gasteiger partial charge in [0.15, 0.2) is 11.6 Å². The number of carbonyl (C=O) groups excluding carboxylic acids is 3. The first-order valence-corrected chi connectivity index (χ1v) is 26.8. The van der Waals surface area contributed by atoms with E-state index in [1.54, 1.807) is 28.8 Å². The summed E-state index contributed by atoms with van der Waals surface area (Å²) in [6, 6.07) is 24.7. The molecule has 19 nitrogen and oxygen atoms in total. The van der Waals surface area contributed by atoms with E-state index < -0.39 is 0 Å². The standard InChI is InChI=1S/C57H69N13O6/c1-6-39-31-44(49(72)33-48(39)71)51-62-63-53(54(73)58-7-2)70(51)41-15-13-37(14-16-41)35-66-27-29-67(30-28-66)36-38-19-23-69(24-20-38)55(74)40-21-25-68(26-22-40)42-17-18-45(50(32-42)76-8-3)60-57-59-34-47-52(61-57)64(4)46-12-10-9-11-43(46)56(75)65(47)5/h9-18,31-34,38,40,71-72H,6-8,19-30,35-36H2,1-5H3,(H,58,73)(H,59,60,61). The minimum absolute atomic E-state index is 0.00149. The zero-order valence-corrected chi connectivity index (χ0v) is 44.2. The van der Waals surface area contributed by atoms with Crippen molar-refractivity contribution >= 4 is 52.2 Å². The number of para-hydroxylation sites is 1. The van der Waals surface area contributed by atoms with Crippen molar-refractivity contribution in [1.29, 1.82) is 0 Å². The number of aryl methyl sites for hydroxylation is 1. The molecule has 0 bridgehead atoms. The second kappa shape index (κ2) is 22.6. The molecule has 76 heavy (non-hydrogen) atoms. The second-order valence-corrected chi connectivity index (χ2v) is 20.2. The Hall–Kier alpha value is -7.77. The monoisotopic (exact) mass is 1030 g/mol. The summed E-state index contributed by atoms with van der Waals surface area (Å²) in [6.07, 6.45) is 5.89. The Bertz CT molecular complexity index is 3070. The summed E-state index contributed by atoms with van der Waals surface area (Å²) < 4.78 is 7.80. The normalized spacial score (nSPS) is 16.8. The van der Waals surface area contributed by atoms with Crippen LogP contribution in [0.1, 0.15) is 78.6 Å². The van der Waals surface area contributed by atoms with Gasteiger partial charge < -0.3 is 50.1 Å². The van der Waals surface area contributed by atoms with Gasteiger partial charge in [0, 0.05) is 116 Å². The van der Waals surface area contributed by atoms with Crippen LogP contribution < -0.4 is 30.1 Å². The fourth-order valence-electron chi connectivity index (χ4n) is 11.1. The van der Waals surface area contributed by atoms with Crippen molar-refractivity contribution in [3.05, 3.63) is 108 Å². The molecule has 4 N–H and O–H groups in total. The number of hydrogen-bond donors (Lipinski definition) is 4. The SMILES string of the molecule is CCNC(=O)c1nnc(-c2cc(CC)c(O)cc2O)n1-c1ccc(CN2CCN(CC3CCN(C(=O)C4CCN(c5ccc(Nc6ncc7c(n6)N(C)c6ccccc6C(=O)N7C)c(OCC)c5)CC4)CC3)CC2)cc1. The number of carbonyl (C=O) groups is 3. The number of amides is 3. The number of piperidine rings is 2. The highest BCUT2D eigenvalue weighted by Crippen LogP contribution is 2.40. The van der Waals surface area contributed by atoms with Crippen molar-refractivity contribution in [3.63, 3.8) is 0 Å². The number of nitrogens with zero attached hydrogens (tertiary/aromatic N) is 11. The Morgan fingerprint density at radius 2 is 1.47 bits per heavy atom. The third kappa shape index (κ3) is 10.7. The Morgan fingerprint density at radius 1 is 0.750 bits per heavy atom. The number of aromatic hydroxyl groups is 2. The highest BCUT2D eigenvalue weighted by atomic mass is 16.5. The zero-order valence-electron chi connectivity index (χ0n) is 44.2. The predicted molar refractivity (Wildman–Crippen MR) is 294 cm³/mol. The number of rotatable bonds is 15. The van der Waals surface area contributed by atoms with E-state index in [1.807, 2.05) is 75.2 Å². The topological polar surface area (TPSA) is 201 Å². The Balaban J connectivity index is 0.681. The van der Waals surface area contributed by atoms with Crippen LogP contribution in [0.15, 0.2) is 85.1 Å². The van der Waals surface area contributed by atoms with Crippen LogP contribution in [0, 0.1) is 11.8 Å². The fourth-order valence-corrected chi connectivity index (χ4v) is 11.1. The molecule has 398 valence electrons. The number of phenolic OH excluding ortho intramolecular Hbond substituents is 2. The van der Waals surface area contributed by atoms with Crippen LogP contribution in [0.5, 0.6) is 17.2 Å². The summed E-state index contributed by atoms with van der Waals surface area (Å²) in [6.45, 7) is 15.6. The Kier molecular flexibility index (Phi) is 15.4. The molecule has 0 aliphatic carbocycles. The van der Waals surface area contributed by atoms with Gasteiger partial charge in [-0.1, -0.05) is 31.2 Å². The van der Waals surface area contributed by atoms with Crippen molar-refractivity contribution in [3.8, 4) is 34.3 Å². The second-order valence-electron chi connectivity index (χ2n) is 20.2. The lowest BCUT2D eigenvalue weighted by molar-refractivity contribution is -0.137. The molecule has 4 aromatic carbocycles. The molecular weight excluding hydrogens is 963 g/mol. The van der Waals surface area contributed by atoms with Crippen molar-refractivity contribution in [1.82, 2.24) is 44.7 Å².